The number of nitrogens with one attached hydrogen (secondary N) is 1. The van der Waals surface area contributed by atoms with Gasteiger partial charge >= 0.3 is 0 Å². The molecule has 0 aromatic rings. The largest absolute Gasteiger partial charge is 0.319 e. The molecule has 0 bridgehead atoms. The van der Waals surface area contributed by atoms with Crippen LogP contribution in [0.15, 0.2) is 0 Å². The fraction of sp³-hybridized carbons (Fsp3) is 1.00. The molecule has 0 aromatic heterocycles. The predicted octanol–water partition coefficient (Wildman–Crippen LogP) is 1.14. The molecule has 2 aliphatic heterocycles. The van der Waals surface area contributed by atoms with Gasteiger partial charge in [-0.1, -0.05) is 13.8 Å². The molecular formula is C14H29N3O2S. The van der Waals surface area contributed by atoms with Crippen molar-refractivity contribution in [1.82, 2.24) is 13.9 Å². The molecule has 0 aliphatic carbocycles. The van der Waals surface area contributed by atoms with E-state index in [1.807, 2.05) is 7.05 Å². The molecule has 2 fully saturated rings. The summed E-state index contributed by atoms with van der Waals surface area (Å²) in [6.07, 6.45) is 3.23. The van der Waals surface area contributed by atoms with Gasteiger partial charge in [-0.25, -0.2) is 0 Å². The smallest absolute Gasteiger partial charge is 0.282 e. The van der Waals surface area contributed by atoms with Crippen LogP contribution in [-0.4, -0.2) is 56.8 Å². The summed E-state index contributed by atoms with van der Waals surface area (Å²) in [5.41, 5.74) is 0. The first-order valence-electron chi connectivity index (χ1n) is 7.83. The second kappa shape index (κ2) is 6.73. The minimum Gasteiger partial charge on any atom is -0.319 e. The molecule has 0 aromatic carbocycles. The van der Waals surface area contributed by atoms with Gasteiger partial charge < -0.3 is 5.32 Å². The van der Waals surface area contributed by atoms with Gasteiger partial charge in [-0.15, -0.1) is 0 Å². The Kier molecular flexibility index (Phi) is 5.45. The molecule has 5 nitrogen and oxygen atoms in total. The van der Waals surface area contributed by atoms with Crippen LogP contribution in [-0.2, 0) is 10.2 Å². The van der Waals surface area contributed by atoms with Crippen LogP contribution in [0, 0.1) is 17.8 Å². The Labute approximate surface area is 123 Å². The molecule has 118 valence electrons. The van der Waals surface area contributed by atoms with Crippen molar-refractivity contribution >= 4 is 10.2 Å². The molecule has 1 N–H and O–H groups in total. The number of piperidine rings is 2. The van der Waals surface area contributed by atoms with E-state index in [1.165, 1.54) is 0 Å². The van der Waals surface area contributed by atoms with E-state index in [-0.39, 0.29) is 0 Å². The lowest BCUT2D eigenvalue weighted by molar-refractivity contribution is 0.193. The number of rotatable bonds is 4. The Bertz CT molecular complexity index is 401. The summed E-state index contributed by atoms with van der Waals surface area (Å²) in [5.74, 6) is 1.38. The predicted molar refractivity (Wildman–Crippen MR) is 81.7 cm³/mol. The SMILES string of the molecule is CNCC1CCCN(S(=O)(=O)N2CC(C)CC(C)C2)C1. The maximum atomic E-state index is 12.8. The Morgan fingerprint density at radius 2 is 1.75 bits per heavy atom. The summed E-state index contributed by atoms with van der Waals surface area (Å²) in [6, 6.07) is 0. The van der Waals surface area contributed by atoms with Crippen molar-refractivity contribution in [3.63, 3.8) is 0 Å². The molecule has 2 saturated heterocycles. The lowest BCUT2D eigenvalue weighted by Crippen LogP contribution is -2.52. The molecule has 0 amide bonds. The fourth-order valence-corrected chi connectivity index (χ4v) is 5.62. The third-order valence-corrected chi connectivity index (χ3v) is 6.40. The summed E-state index contributed by atoms with van der Waals surface area (Å²) in [5, 5.41) is 3.17. The van der Waals surface area contributed by atoms with Crippen LogP contribution in [0.25, 0.3) is 0 Å². The van der Waals surface area contributed by atoms with Crippen molar-refractivity contribution in [3.8, 4) is 0 Å². The van der Waals surface area contributed by atoms with Gasteiger partial charge in [-0.2, -0.15) is 17.0 Å². The molecular weight excluding hydrogens is 274 g/mol. The molecule has 0 radical (unpaired) electrons. The van der Waals surface area contributed by atoms with Crippen LogP contribution in [0.1, 0.15) is 33.1 Å². The topological polar surface area (TPSA) is 52.7 Å². The first kappa shape index (κ1) is 16.2. The van der Waals surface area contributed by atoms with Crippen molar-refractivity contribution in [2.75, 3.05) is 39.8 Å². The number of nitrogens with zero attached hydrogens (tertiary/aromatic N) is 2. The normalized spacial score (nSPS) is 34.2. The van der Waals surface area contributed by atoms with Gasteiger partial charge in [0, 0.05) is 26.2 Å². The molecule has 0 saturated carbocycles. The zero-order chi connectivity index (χ0) is 14.8. The second-order valence-electron chi connectivity index (χ2n) is 6.69. The molecule has 2 rings (SSSR count). The average Bonchev–Trinajstić information content (AvgIpc) is 2.38. The van der Waals surface area contributed by atoms with E-state index < -0.39 is 10.2 Å². The molecule has 6 heteroatoms. The van der Waals surface area contributed by atoms with Gasteiger partial charge in [-0.05, 0) is 50.6 Å². The Morgan fingerprint density at radius 3 is 2.35 bits per heavy atom. The summed E-state index contributed by atoms with van der Waals surface area (Å²) in [7, 11) is -1.33. The summed E-state index contributed by atoms with van der Waals surface area (Å²) in [4.78, 5) is 0. The zero-order valence-corrected chi connectivity index (χ0v) is 13.8. The van der Waals surface area contributed by atoms with E-state index in [0.29, 0.717) is 43.9 Å². The Morgan fingerprint density at radius 1 is 1.10 bits per heavy atom. The van der Waals surface area contributed by atoms with Gasteiger partial charge in [0.15, 0.2) is 0 Å². The van der Waals surface area contributed by atoms with Crippen LogP contribution in [0.5, 0.6) is 0 Å². The fourth-order valence-electron chi connectivity index (χ4n) is 3.65. The van der Waals surface area contributed by atoms with Gasteiger partial charge in [-0.3, -0.25) is 0 Å². The Balaban J connectivity index is 2.05. The van der Waals surface area contributed by atoms with E-state index in [1.54, 1.807) is 8.61 Å². The minimum atomic E-state index is -3.26. The first-order valence-corrected chi connectivity index (χ1v) is 9.23. The quantitative estimate of drug-likeness (QED) is 0.847. The van der Waals surface area contributed by atoms with Crippen molar-refractivity contribution in [2.24, 2.45) is 17.8 Å². The van der Waals surface area contributed by atoms with Crippen molar-refractivity contribution < 1.29 is 8.42 Å². The average molecular weight is 303 g/mol. The monoisotopic (exact) mass is 303 g/mol. The Hall–Kier alpha value is -0.170. The van der Waals surface area contributed by atoms with Gasteiger partial charge in [0.05, 0.1) is 0 Å². The summed E-state index contributed by atoms with van der Waals surface area (Å²) in [6.45, 7) is 7.92. The molecule has 3 unspecified atom stereocenters. The van der Waals surface area contributed by atoms with E-state index in [2.05, 4.69) is 19.2 Å². The third-order valence-electron chi connectivity index (χ3n) is 4.46. The van der Waals surface area contributed by atoms with Crippen molar-refractivity contribution in [2.45, 2.75) is 33.1 Å². The molecule has 20 heavy (non-hydrogen) atoms. The van der Waals surface area contributed by atoms with Crippen LogP contribution >= 0.6 is 0 Å². The number of hydrogen-bond acceptors (Lipinski definition) is 3. The van der Waals surface area contributed by atoms with E-state index in [4.69, 9.17) is 0 Å². The summed E-state index contributed by atoms with van der Waals surface area (Å²) >= 11 is 0. The van der Waals surface area contributed by atoms with E-state index >= 15 is 0 Å². The standard InChI is InChI=1S/C14H29N3O2S/c1-12-7-13(2)10-17(9-12)20(18,19)16-6-4-5-14(11-16)8-15-3/h12-15H,4-11H2,1-3H3. The van der Waals surface area contributed by atoms with E-state index in [0.717, 1.165) is 25.8 Å². The minimum absolute atomic E-state index is 0.447. The van der Waals surface area contributed by atoms with Crippen LogP contribution in [0.3, 0.4) is 0 Å². The molecule has 2 heterocycles. The molecule has 0 spiro atoms. The third kappa shape index (κ3) is 3.72. The van der Waals surface area contributed by atoms with Crippen molar-refractivity contribution in [1.29, 1.82) is 0 Å². The van der Waals surface area contributed by atoms with Crippen LogP contribution in [0.4, 0.5) is 0 Å². The highest BCUT2D eigenvalue weighted by molar-refractivity contribution is 7.86. The van der Waals surface area contributed by atoms with Crippen molar-refractivity contribution in [3.05, 3.63) is 0 Å². The molecule has 3 atom stereocenters. The number of hydrogen-bond donors (Lipinski definition) is 1. The highest BCUT2D eigenvalue weighted by atomic mass is 32.2. The van der Waals surface area contributed by atoms with Crippen LogP contribution in [0.2, 0.25) is 0 Å². The summed E-state index contributed by atoms with van der Waals surface area (Å²) < 4.78 is 29.1. The maximum Gasteiger partial charge on any atom is 0.282 e. The van der Waals surface area contributed by atoms with Gasteiger partial charge in [0.1, 0.15) is 0 Å². The van der Waals surface area contributed by atoms with Gasteiger partial charge in [0.2, 0.25) is 0 Å². The highest BCUT2D eigenvalue weighted by Crippen LogP contribution is 2.27. The zero-order valence-electron chi connectivity index (χ0n) is 13.0. The van der Waals surface area contributed by atoms with Gasteiger partial charge in [0.25, 0.3) is 10.2 Å². The maximum absolute atomic E-state index is 12.8. The van der Waals surface area contributed by atoms with E-state index in [9.17, 15) is 8.42 Å². The first-order chi connectivity index (χ1) is 9.43. The molecule has 2 aliphatic rings. The highest BCUT2D eigenvalue weighted by Gasteiger charge is 2.36. The second-order valence-corrected chi connectivity index (χ2v) is 8.62. The lowest BCUT2D eigenvalue weighted by atomic mass is 9.94. The van der Waals surface area contributed by atoms with Crippen LogP contribution < -0.4 is 5.32 Å². The lowest BCUT2D eigenvalue weighted by Gasteiger charge is -2.39.